The maximum Gasteiger partial charge on any atom is 0.183 e. The van der Waals surface area contributed by atoms with Crippen LogP contribution in [0.3, 0.4) is 0 Å². The van der Waals surface area contributed by atoms with Gasteiger partial charge < -0.3 is 9.84 Å². The van der Waals surface area contributed by atoms with Crippen LogP contribution in [0.2, 0.25) is 0 Å². The molecule has 1 N–H and O–H groups in total. The van der Waals surface area contributed by atoms with Crippen LogP contribution >= 0.6 is 0 Å². The fourth-order valence-corrected chi connectivity index (χ4v) is 1.84. The Morgan fingerprint density at radius 1 is 1.40 bits per heavy atom. The fraction of sp³-hybridized carbons (Fsp3) is 0.200. The third kappa shape index (κ3) is 3.07. The second-order valence-corrected chi connectivity index (χ2v) is 4.26. The second-order valence-electron chi connectivity index (χ2n) is 4.26. The molecule has 0 aliphatic carbocycles. The summed E-state index contributed by atoms with van der Waals surface area (Å²) in [6.45, 7) is 3.99. The molecule has 1 unspecified atom stereocenters. The van der Waals surface area contributed by atoms with Crippen molar-refractivity contribution >= 4 is 6.72 Å². The van der Waals surface area contributed by atoms with Crippen molar-refractivity contribution in [2.75, 3.05) is 7.11 Å². The SMILES string of the molecule is C=NCc1ccc(-c2cc(C(O)OC)c(F)cn2)cc1. The molecule has 2 aromatic rings. The van der Waals surface area contributed by atoms with Crippen LogP contribution in [-0.4, -0.2) is 23.9 Å². The van der Waals surface area contributed by atoms with Crippen molar-refractivity contribution in [1.29, 1.82) is 0 Å². The van der Waals surface area contributed by atoms with E-state index in [4.69, 9.17) is 4.74 Å². The molecule has 0 spiro atoms. The number of hydrogen-bond donors (Lipinski definition) is 1. The van der Waals surface area contributed by atoms with Crippen LogP contribution in [0.15, 0.2) is 41.5 Å². The summed E-state index contributed by atoms with van der Waals surface area (Å²) in [5.41, 5.74) is 2.48. The number of rotatable bonds is 5. The lowest BCUT2D eigenvalue weighted by Crippen LogP contribution is -2.04. The van der Waals surface area contributed by atoms with E-state index in [-0.39, 0.29) is 5.56 Å². The van der Waals surface area contributed by atoms with E-state index < -0.39 is 12.1 Å². The van der Waals surface area contributed by atoms with Gasteiger partial charge >= 0.3 is 0 Å². The molecule has 1 heterocycles. The monoisotopic (exact) mass is 274 g/mol. The molecule has 5 heteroatoms. The molecule has 2 rings (SSSR count). The fourth-order valence-electron chi connectivity index (χ4n) is 1.84. The third-order valence-electron chi connectivity index (χ3n) is 2.92. The predicted octanol–water partition coefficient (Wildman–Crippen LogP) is 2.73. The minimum Gasteiger partial charge on any atom is -0.364 e. The van der Waals surface area contributed by atoms with Gasteiger partial charge in [0.25, 0.3) is 0 Å². The van der Waals surface area contributed by atoms with E-state index in [9.17, 15) is 9.50 Å². The Balaban J connectivity index is 2.35. The van der Waals surface area contributed by atoms with Gasteiger partial charge in [-0.05, 0) is 18.3 Å². The summed E-state index contributed by atoms with van der Waals surface area (Å²) < 4.78 is 18.3. The van der Waals surface area contributed by atoms with Gasteiger partial charge in [-0.25, -0.2) is 4.39 Å². The summed E-state index contributed by atoms with van der Waals surface area (Å²) >= 11 is 0. The number of benzene rings is 1. The van der Waals surface area contributed by atoms with Crippen molar-refractivity contribution in [2.45, 2.75) is 12.8 Å². The highest BCUT2D eigenvalue weighted by Crippen LogP contribution is 2.24. The molecule has 0 aliphatic heterocycles. The highest BCUT2D eigenvalue weighted by atomic mass is 19.1. The van der Waals surface area contributed by atoms with E-state index >= 15 is 0 Å². The maximum absolute atomic E-state index is 13.6. The first kappa shape index (κ1) is 14.3. The molecule has 1 atom stereocenters. The second kappa shape index (κ2) is 6.36. The highest BCUT2D eigenvalue weighted by Gasteiger charge is 2.14. The number of aliphatic hydroxyl groups is 1. The van der Waals surface area contributed by atoms with Crippen LogP contribution in [0.1, 0.15) is 17.4 Å². The lowest BCUT2D eigenvalue weighted by Gasteiger charge is -2.11. The van der Waals surface area contributed by atoms with Gasteiger partial charge in [-0.3, -0.25) is 9.98 Å². The number of aliphatic imine (C=N–C) groups is 1. The van der Waals surface area contributed by atoms with E-state index in [2.05, 4.69) is 16.7 Å². The van der Waals surface area contributed by atoms with Crippen LogP contribution in [0, 0.1) is 5.82 Å². The zero-order valence-electron chi connectivity index (χ0n) is 11.1. The first-order valence-electron chi connectivity index (χ1n) is 6.04. The largest absolute Gasteiger partial charge is 0.364 e. The summed E-state index contributed by atoms with van der Waals surface area (Å²) in [5.74, 6) is -0.601. The van der Waals surface area contributed by atoms with Gasteiger partial charge in [-0.2, -0.15) is 0 Å². The maximum atomic E-state index is 13.6. The molecule has 0 amide bonds. The summed E-state index contributed by atoms with van der Waals surface area (Å²) in [5, 5.41) is 9.59. The third-order valence-corrected chi connectivity index (χ3v) is 2.92. The van der Waals surface area contributed by atoms with Gasteiger partial charge in [0, 0.05) is 18.2 Å². The Morgan fingerprint density at radius 3 is 2.70 bits per heavy atom. The molecule has 104 valence electrons. The quantitative estimate of drug-likeness (QED) is 0.673. The Labute approximate surface area is 116 Å². The van der Waals surface area contributed by atoms with Gasteiger partial charge in [0.15, 0.2) is 6.29 Å². The molecule has 0 saturated carbocycles. The van der Waals surface area contributed by atoms with Crippen LogP contribution in [0.25, 0.3) is 11.3 Å². The average Bonchev–Trinajstić information content (AvgIpc) is 2.48. The van der Waals surface area contributed by atoms with E-state index in [0.29, 0.717) is 12.2 Å². The molecule has 0 saturated heterocycles. The highest BCUT2D eigenvalue weighted by molar-refractivity contribution is 5.60. The molecule has 1 aromatic carbocycles. The first-order valence-corrected chi connectivity index (χ1v) is 6.04. The van der Waals surface area contributed by atoms with E-state index in [0.717, 1.165) is 17.3 Å². The number of nitrogens with zero attached hydrogens (tertiary/aromatic N) is 2. The Morgan fingerprint density at radius 2 is 2.10 bits per heavy atom. The minimum atomic E-state index is -1.30. The molecule has 4 nitrogen and oxygen atoms in total. The molecular weight excluding hydrogens is 259 g/mol. The number of methoxy groups -OCH3 is 1. The van der Waals surface area contributed by atoms with Crippen LogP contribution in [0.4, 0.5) is 4.39 Å². The summed E-state index contributed by atoms with van der Waals surface area (Å²) in [4.78, 5) is 7.83. The van der Waals surface area contributed by atoms with E-state index in [1.54, 1.807) is 0 Å². The van der Waals surface area contributed by atoms with Crippen LogP contribution in [-0.2, 0) is 11.3 Å². The van der Waals surface area contributed by atoms with Crippen molar-refractivity contribution in [2.24, 2.45) is 4.99 Å². The number of pyridine rings is 1. The molecule has 0 bridgehead atoms. The summed E-state index contributed by atoms with van der Waals surface area (Å²) in [7, 11) is 1.31. The van der Waals surface area contributed by atoms with Crippen LogP contribution < -0.4 is 0 Å². The van der Waals surface area contributed by atoms with Gasteiger partial charge in [-0.15, -0.1) is 0 Å². The minimum absolute atomic E-state index is 0.0642. The number of aromatic nitrogens is 1. The standard InChI is InChI=1S/C15H15FN2O2/c1-17-8-10-3-5-11(6-4-10)14-7-12(15(19)20-2)13(16)9-18-14/h3-7,9,15,19H,1,8H2,2H3. The molecular formula is C15H15FN2O2. The van der Waals surface area contributed by atoms with Crippen molar-refractivity contribution in [3.63, 3.8) is 0 Å². The lowest BCUT2D eigenvalue weighted by atomic mass is 10.1. The molecule has 0 aliphatic rings. The summed E-state index contributed by atoms with van der Waals surface area (Å²) in [6, 6.07) is 9.01. The van der Waals surface area contributed by atoms with E-state index in [1.807, 2.05) is 24.3 Å². The molecule has 0 radical (unpaired) electrons. The molecule has 0 fully saturated rings. The van der Waals surface area contributed by atoms with Crippen molar-refractivity contribution in [3.8, 4) is 11.3 Å². The predicted molar refractivity (Wildman–Crippen MR) is 74.9 cm³/mol. The number of hydrogen-bond acceptors (Lipinski definition) is 4. The number of ether oxygens (including phenoxy) is 1. The smallest absolute Gasteiger partial charge is 0.183 e. The van der Waals surface area contributed by atoms with Gasteiger partial charge in [0.05, 0.1) is 18.4 Å². The molecule has 1 aromatic heterocycles. The van der Waals surface area contributed by atoms with Gasteiger partial charge in [0.1, 0.15) is 5.82 Å². The Kier molecular flexibility index (Phi) is 4.55. The normalized spacial score (nSPS) is 12.2. The number of aliphatic hydroxyl groups excluding tert-OH is 1. The van der Waals surface area contributed by atoms with Gasteiger partial charge in [-0.1, -0.05) is 24.3 Å². The molecule has 20 heavy (non-hydrogen) atoms. The number of halogens is 1. The Bertz CT molecular complexity index is 599. The van der Waals surface area contributed by atoms with Crippen molar-refractivity contribution in [3.05, 3.63) is 53.5 Å². The van der Waals surface area contributed by atoms with Crippen LogP contribution in [0.5, 0.6) is 0 Å². The average molecular weight is 274 g/mol. The van der Waals surface area contributed by atoms with E-state index in [1.165, 1.54) is 13.2 Å². The lowest BCUT2D eigenvalue weighted by molar-refractivity contribution is -0.0790. The van der Waals surface area contributed by atoms with Gasteiger partial charge in [0.2, 0.25) is 0 Å². The zero-order valence-corrected chi connectivity index (χ0v) is 11.1. The summed E-state index contributed by atoms with van der Waals surface area (Å²) in [6.07, 6.45) is -0.229. The Hall–Kier alpha value is -2.11. The zero-order chi connectivity index (χ0) is 14.5. The topological polar surface area (TPSA) is 54.7 Å². The first-order chi connectivity index (χ1) is 9.65. The van der Waals surface area contributed by atoms with Crippen molar-refractivity contribution in [1.82, 2.24) is 4.98 Å². The van der Waals surface area contributed by atoms with Crippen molar-refractivity contribution < 1.29 is 14.2 Å².